The van der Waals surface area contributed by atoms with Gasteiger partial charge in [-0.3, -0.25) is 0 Å². The first kappa shape index (κ1) is 15.1. The van der Waals surface area contributed by atoms with Crippen molar-refractivity contribution in [3.05, 3.63) is 52.4 Å². The van der Waals surface area contributed by atoms with Gasteiger partial charge >= 0.3 is 0 Å². The molecule has 1 N–H and O–H groups in total. The van der Waals surface area contributed by atoms with Gasteiger partial charge in [-0.15, -0.1) is 23.1 Å². The van der Waals surface area contributed by atoms with Gasteiger partial charge in [0, 0.05) is 17.3 Å². The van der Waals surface area contributed by atoms with E-state index < -0.39 is 0 Å². The molecule has 112 valence electrons. The van der Waals surface area contributed by atoms with E-state index >= 15 is 0 Å². The lowest BCUT2D eigenvalue weighted by Crippen LogP contribution is -2.34. The topological polar surface area (TPSA) is 12.0 Å². The minimum atomic E-state index is 0.499. The Bertz CT molecular complexity index is 605. The quantitative estimate of drug-likeness (QED) is 0.831. The zero-order chi connectivity index (χ0) is 14.8. The van der Waals surface area contributed by atoms with Crippen LogP contribution >= 0.6 is 23.1 Å². The van der Waals surface area contributed by atoms with Crippen LogP contribution in [-0.4, -0.2) is 11.3 Å². The Labute approximate surface area is 136 Å². The van der Waals surface area contributed by atoms with Gasteiger partial charge in [0.1, 0.15) is 0 Å². The molecule has 1 nitrogen and oxygen atoms in total. The molecule has 0 radical (unpaired) electrons. The van der Waals surface area contributed by atoms with Crippen LogP contribution in [0, 0.1) is 6.92 Å². The average Bonchev–Trinajstić information content (AvgIpc) is 2.89. The third kappa shape index (κ3) is 3.53. The molecule has 2 aromatic rings. The van der Waals surface area contributed by atoms with Gasteiger partial charge < -0.3 is 5.32 Å². The Kier molecular flexibility index (Phi) is 4.72. The van der Waals surface area contributed by atoms with E-state index in [1.165, 1.54) is 27.3 Å². The van der Waals surface area contributed by atoms with E-state index in [0.29, 0.717) is 17.3 Å². The van der Waals surface area contributed by atoms with Crippen LogP contribution < -0.4 is 5.32 Å². The number of benzene rings is 1. The molecule has 1 aliphatic rings. The zero-order valence-electron chi connectivity index (χ0n) is 12.9. The smallest absolute Gasteiger partial charge is 0.0649 e. The third-order valence-electron chi connectivity index (χ3n) is 4.18. The molecule has 21 heavy (non-hydrogen) atoms. The van der Waals surface area contributed by atoms with Gasteiger partial charge in [0.15, 0.2) is 0 Å². The summed E-state index contributed by atoms with van der Waals surface area (Å²) in [7, 11) is 0. The lowest BCUT2D eigenvalue weighted by atomic mass is 9.99. The molecule has 1 aromatic heterocycles. The normalized spacial score (nSPS) is 22.8. The van der Waals surface area contributed by atoms with Gasteiger partial charge in [-0.25, -0.2) is 0 Å². The number of hydrogen-bond acceptors (Lipinski definition) is 3. The predicted molar refractivity (Wildman–Crippen MR) is 94.5 cm³/mol. The standard InChI is InChI=1S/C18H23NS2/c1-12-6-4-5-7-15(12)10-13(2)19-17-11-14(3)21-18-16(17)8-9-20-18/h4-9,13-14,17,19H,10-11H2,1-3H3/t13?,14-,17?/m0/s1. The molecule has 3 rings (SSSR count). The van der Waals surface area contributed by atoms with Gasteiger partial charge in [-0.05, 0) is 54.8 Å². The van der Waals surface area contributed by atoms with Crippen LogP contribution in [-0.2, 0) is 6.42 Å². The highest BCUT2D eigenvalue weighted by Crippen LogP contribution is 2.43. The van der Waals surface area contributed by atoms with Crippen molar-refractivity contribution in [3.8, 4) is 0 Å². The van der Waals surface area contributed by atoms with Crippen molar-refractivity contribution >= 4 is 23.1 Å². The van der Waals surface area contributed by atoms with Gasteiger partial charge in [0.25, 0.3) is 0 Å². The molecule has 0 saturated carbocycles. The molecule has 1 aromatic carbocycles. The van der Waals surface area contributed by atoms with Crippen molar-refractivity contribution in [2.24, 2.45) is 0 Å². The molecule has 0 fully saturated rings. The Hall–Kier alpha value is -0.770. The summed E-state index contributed by atoms with van der Waals surface area (Å²) in [4.78, 5) is 0. The first-order valence-corrected chi connectivity index (χ1v) is 9.44. The van der Waals surface area contributed by atoms with Crippen LogP contribution in [0.1, 0.15) is 43.0 Å². The summed E-state index contributed by atoms with van der Waals surface area (Å²) in [6, 6.07) is 12.0. The molecule has 1 aliphatic heterocycles. The van der Waals surface area contributed by atoms with Gasteiger partial charge in [-0.2, -0.15) is 0 Å². The summed E-state index contributed by atoms with van der Waals surface area (Å²) in [5.41, 5.74) is 4.37. The van der Waals surface area contributed by atoms with Crippen molar-refractivity contribution in [2.75, 3.05) is 0 Å². The second-order valence-corrected chi connectivity index (χ2v) is 8.70. The van der Waals surface area contributed by atoms with E-state index in [-0.39, 0.29) is 0 Å². The van der Waals surface area contributed by atoms with Crippen molar-refractivity contribution < 1.29 is 0 Å². The predicted octanol–water partition coefficient (Wildman–Crippen LogP) is 5.20. The molecule has 0 amide bonds. The summed E-state index contributed by atoms with van der Waals surface area (Å²) in [5, 5.41) is 6.80. The number of rotatable bonds is 4. The van der Waals surface area contributed by atoms with Crippen molar-refractivity contribution in [2.45, 2.75) is 55.2 Å². The fraction of sp³-hybridized carbons (Fsp3) is 0.444. The number of thioether (sulfide) groups is 1. The average molecular weight is 318 g/mol. The number of nitrogens with one attached hydrogen (secondary N) is 1. The Morgan fingerprint density at radius 1 is 1.29 bits per heavy atom. The van der Waals surface area contributed by atoms with E-state index in [1.54, 1.807) is 0 Å². The van der Waals surface area contributed by atoms with E-state index in [4.69, 9.17) is 0 Å². The van der Waals surface area contributed by atoms with Crippen LogP contribution in [0.3, 0.4) is 0 Å². The summed E-state index contributed by atoms with van der Waals surface area (Å²) in [6.45, 7) is 6.86. The van der Waals surface area contributed by atoms with E-state index in [2.05, 4.69) is 61.8 Å². The molecule has 3 atom stereocenters. The van der Waals surface area contributed by atoms with Crippen LogP contribution in [0.4, 0.5) is 0 Å². The molecule has 0 spiro atoms. The molecular weight excluding hydrogens is 294 g/mol. The van der Waals surface area contributed by atoms with Crippen LogP contribution in [0.15, 0.2) is 39.9 Å². The highest BCUT2D eigenvalue weighted by molar-refractivity contribution is 8.01. The fourth-order valence-electron chi connectivity index (χ4n) is 3.08. The summed E-state index contributed by atoms with van der Waals surface area (Å²) >= 11 is 3.92. The minimum absolute atomic E-state index is 0.499. The maximum atomic E-state index is 3.86. The number of hydrogen-bond donors (Lipinski definition) is 1. The van der Waals surface area contributed by atoms with E-state index in [9.17, 15) is 0 Å². The lowest BCUT2D eigenvalue weighted by molar-refractivity contribution is 0.424. The van der Waals surface area contributed by atoms with E-state index in [1.807, 2.05) is 23.1 Å². The third-order valence-corrected chi connectivity index (χ3v) is 6.53. The van der Waals surface area contributed by atoms with E-state index in [0.717, 1.165) is 6.42 Å². The first-order chi connectivity index (χ1) is 10.1. The highest BCUT2D eigenvalue weighted by Gasteiger charge is 2.27. The molecule has 2 unspecified atom stereocenters. The molecule has 0 saturated heterocycles. The van der Waals surface area contributed by atoms with Gasteiger partial charge in [0.05, 0.1) is 4.21 Å². The lowest BCUT2D eigenvalue weighted by Gasteiger charge is -2.30. The van der Waals surface area contributed by atoms with Crippen LogP contribution in [0.2, 0.25) is 0 Å². The number of thiophene rings is 1. The number of fused-ring (bicyclic) bond motifs is 1. The molecule has 2 heterocycles. The Morgan fingerprint density at radius 3 is 2.90 bits per heavy atom. The Balaban J connectivity index is 1.68. The van der Waals surface area contributed by atoms with Crippen LogP contribution in [0.25, 0.3) is 0 Å². The SMILES string of the molecule is Cc1ccccc1CC(C)NC1C[C@H](C)Sc2sccc21. The van der Waals surface area contributed by atoms with Crippen molar-refractivity contribution in [1.82, 2.24) is 5.32 Å². The summed E-state index contributed by atoms with van der Waals surface area (Å²) < 4.78 is 1.51. The molecule has 3 heteroatoms. The monoisotopic (exact) mass is 317 g/mol. The van der Waals surface area contributed by atoms with Crippen LogP contribution in [0.5, 0.6) is 0 Å². The summed E-state index contributed by atoms with van der Waals surface area (Å²) in [6.07, 6.45) is 2.33. The molecular formula is C18H23NS2. The van der Waals surface area contributed by atoms with Gasteiger partial charge in [0.2, 0.25) is 0 Å². The summed E-state index contributed by atoms with van der Waals surface area (Å²) in [5.74, 6) is 0. The molecule has 0 aliphatic carbocycles. The maximum absolute atomic E-state index is 3.86. The first-order valence-electron chi connectivity index (χ1n) is 7.68. The minimum Gasteiger partial charge on any atom is -0.307 e. The second-order valence-electron chi connectivity index (χ2n) is 6.08. The van der Waals surface area contributed by atoms with Gasteiger partial charge in [-0.1, -0.05) is 31.2 Å². The second kappa shape index (κ2) is 6.55. The zero-order valence-corrected chi connectivity index (χ0v) is 14.6. The van der Waals surface area contributed by atoms with Crippen molar-refractivity contribution in [3.63, 3.8) is 0 Å². The Morgan fingerprint density at radius 2 is 2.10 bits per heavy atom. The fourth-order valence-corrected chi connectivity index (χ4v) is 5.65. The largest absolute Gasteiger partial charge is 0.307 e. The maximum Gasteiger partial charge on any atom is 0.0649 e. The highest BCUT2D eigenvalue weighted by atomic mass is 32.2. The molecule has 0 bridgehead atoms. The van der Waals surface area contributed by atoms with Crippen molar-refractivity contribution in [1.29, 1.82) is 0 Å². The number of aryl methyl sites for hydroxylation is 1.